The minimum absolute atomic E-state index is 0.0414. The van der Waals surface area contributed by atoms with Crippen LogP contribution >= 0.6 is 0 Å². The summed E-state index contributed by atoms with van der Waals surface area (Å²) in [7, 11) is 0. The molecule has 0 bridgehead atoms. The van der Waals surface area contributed by atoms with Gasteiger partial charge in [-0.3, -0.25) is 9.59 Å². The van der Waals surface area contributed by atoms with E-state index in [1.54, 1.807) is 12.1 Å². The highest BCUT2D eigenvalue weighted by atomic mass is 16.2. The predicted molar refractivity (Wildman–Crippen MR) is 106 cm³/mol. The maximum absolute atomic E-state index is 13.4. The van der Waals surface area contributed by atoms with Crippen molar-refractivity contribution in [3.63, 3.8) is 0 Å². The summed E-state index contributed by atoms with van der Waals surface area (Å²) in [4.78, 5) is 26.6. The average molecular weight is 358 g/mol. The van der Waals surface area contributed by atoms with Gasteiger partial charge in [0.15, 0.2) is 11.6 Å². The third kappa shape index (κ3) is 2.33. The third-order valence-electron chi connectivity index (χ3n) is 6.11. The van der Waals surface area contributed by atoms with E-state index >= 15 is 0 Å². The van der Waals surface area contributed by atoms with Crippen LogP contribution in [0, 0.1) is 5.92 Å². The third-order valence-corrected chi connectivity index (χ3v) is 6.11. The first-order valence-corrected chi connectivity index (χ1v) is 9.67. The van der Waals surface area contributed by atoms with Crippen LogP contribution in [0.15, 0.2) is 48.5 Å². The molecule has 2 unspecified atom stereocenters. The van der Waals surface area contributed by atoms with Gasteiger partial charge in [0.2, 0.25) is 0 Å². The second-order valence-electron chi connectivity index (χ2n) is 7.56. The Hall–Kier alpha value is -2.72. The molecule has 4 heteroatoms. The number of benzene rings is 2. The number of fused-ring (bicyclic) bond motifs is 3. The molecule has 2 aliphatic heterocycles. The molecule has 0 saturated carbocycles. The summed E-state index contributed by atoms with van der Waals surface area (Å²) < 4.78 is 2.29. The van der Waals surface area contributed by atoms with Crippen LogP contribution in [-0.2, 0) is 12.8 Å². The molecule has 0 radical (unpaired) electrons. The molecule has 3 heterocycles. The van der Waals surface area contributed by atoms with Crippen LogP contribution in [0.4, 0.5) is 0 Å². The zero-order valence-corrected chi connectivity index (χ0v) is 15.4. The minimum atomic E-state index is -0.668. The van der Waals surface area contributed by atoms with Crippen molar-refractivity contribution >= 4 is 22.5 Å². The number of hydrogen-bond donors (Lipinski definition) is 1. The van der Waals surface area contributed by atoms with Crippen molar-refractivity contribution < 1.29 is 9.59 Å². The monoisotopic (exact) mass is 358 g/mol. The number of Topliss-reactive ketones (excluding diaryl/α,β-unsaturated/α-hetero) is 2. The van der Waals surface area contributed by atoms with E-state index in [1.807, 2.05) is 37.3 Å². The number of para-hydroxylation sites is 1. The lowest BCUT2D eigenvalue weighted by molar-refractivity contribution is 0.0756. The number of aromatic nitrogens is 1. The van der Waals surface area contributed by atoms with Crippen molar-refractivity contribution in [1.29, 1.82) is 0 Å². The molecule has 0 saturated heterocycles. The van der Waals surface area contributed by atoms with Crippen LogP contribution in [0.2, 0.25) is 0 Å². The normalized spacial score (nSPS) is 21.7. The van der Waals surface area contributed by atoms with E-state index in [-0.39, 0.29) is 17.6 Å². The topological polar surface area (TPSA) is 51.1 Å². The Morgan fingerprint density at radius 2 is 1.81 bits per heavy atom. The van der Waals surface area contributed by atoms with Gasteiger partial charge in [-0.2, -0.15) is 0 Å². The van der Waals surface area contributed by atoms with E-state index in [2.05, 4.69) is 16.0 Å². The Morgan fingerprint density at radius 1 is 1.04 bits per heavy atom. The fourth-order valence-electron chi connectivity index (χ4n) is 4.88. The number of carbonyl (C=O) groups is 2. The molecule has 5 rings (SSSR count). The second kappa shape index (κ2) is 6.17. The Kier molecular flexibility index (Phi) is 3.76. The molecule has 2 atom stereocenters. The first-order valence-electron chi connectivity index (χ1n) is 9.67. The van der Waals surface area contributed by atoms with Gasteiger partial charge in [0.25, 0.3) is 0 Å². The van der Waals surface area contributed by atoms with E-state index in [1.165, 1.54) is 16.6 Å². The summed E-state index contributed by atoms with van der Waals surface area (Å²) in [5, 5.41) is 4.64. The standard InChI is InChI=1S/C23H22N2O2/c1-14-20(22(26)15-6-3-2-4-7-15)23(27)18-9-5-8-17-16-10-12-24-13-11-19(16)25(14)21(17)18/h2-9,14,20,24H,10-13H2,1H3. The van der Waals surface area contributed by atoms with Crippen molar-refractivity contribution in [2.75, 3.05) is 13.1 Å². The van der Waals surface area contributed by atoms with E-state index in [0.29, 0.717) is 11.1 Å². The number of nitrogens with zero attached hydrogens (tertiary/aromatic N) is 1. The molecular formula is C23H22N2O2. The van der Waals surface area contributed by atoms with Crippen molar-refractivity contribution in [2.45, 2.75) is 25.8 Å². The number of nitrogens with one attached hydrogen (secondary N) is 1. The van der Waals surface area contributed by atoms with Crippen LogP contribution in [0.25, 0.3) is 10.9 Å². The van der Waals surface area contributed by atoms with Gasteiger partial charge >= 0.3 is 0 Å². The van der Waals surface area contributed by atoms with Gasteiger partial charge in [-0.05, 0) is 31.5 Å². The quantitative estimate of drug-likeness (QED) is 0.563. The molecule has 1 N–H and O–H groups in total. The van der Waals surface area contributed by atoms with Crippen LogP contribution in [0.1, 0.15) is 44.9 Å². The first-order chi connectivity index (χ1) is 13.2. The maximum Gasteiger partial charge on any atom is 0.177 e. The van der Waals surface area contributed by atoms with Crippen molar-refractivity contribution in [3.05, 3.63) is 70.9 Å². The SMILES string of the molecule is CC1C(C(=O)c2ccccc2)C(=O)c2cccc3c4c(n1c23)CCNCC4. The lowest BCUT2D eigenvalue weighted by Gasteiger charge is -2.31. The predicted octanol–water partition coefficient (Wildman–Crippen LogP) is 3.59. The van der Waals surface area contributed by atoms with E-state index in [0.717, 1.165) is 31.4 Å². The molecule has 2 aromatic carbocycles. The van der Waals surface area contributed by atoms with E-state index in [4.69, 9.17) is 0 Å². The Labute approximate surface area is 158 Å². The molecule has 0 spiro atoms. The smallest absolute Gasteiger partial charge is 0.177 e. The molecule has 0 amide bonds. The number of rotatable bonds is 2. The van der Waals surface area contributed by atoms with Crippen molar-refractivity contribution in [3.8, 4) is 0 Å². The molecule has 1 aromatic heterocycles. The van der Waals surface area contributed by atoms with Gasteiger partial charge in [0.1, 0.15) is 5.92 Å². The Bertz CT molecular complexity index is 1060. The van der Waals surface area contributed by atoms with Gasteiger partial charge in [-0.15, -0.1) is 0 Å². The van der Waals surface area contributed by atoms with Crippen LogP contribution in [0.5, 0.6) is 0 Å². The zero-order valence-electron chi connectivity index (χ0n) is 15.4. The molecule has 136 valence electrons. The highest BCUT2D eigenvalue weighted by Crippen LogP contribution is 2.41. The average Bonchev–Trinajstić information content (AvgIpc) is 2.84. The van der Waals surface area contributed by atoms with Gasteiger partial charge in [0.05, 0.1) is 5.52 Å². The molecular weight excluding hydrogens is 336 g/mol. The molecule has 27 heavy (non-hydrogen) atoms. The molecule has 2 aliphatic rings. The summed E-state index contributed by atoms with van der Waals surface area (Å²) in [5.41, 5.74) is 4.95. The van der Waals surface area contributed by atoms with Gasteiger partial charge in [-0.1, -0.05) is 42.5 Å². The molecule has 0 aliphatic carbocycles. The Morgan fingerprint density at radius 3 is 2.63 bits per heavy atom. The van der Waals surface area contributed by atoms with E-state index in [9.17, 15) is 9.59 Å². The number of ketones is 2. The summed E-state index contributed by atoms with van der Waals surface area (Å²) in [5.74, 6) is -0.789. The van der Waals surface area contributed by atoms with Crippen LogP contribution in [0.3, 0.4) is 0 Å². The lowest BCUT2D eigenvalue weighted by atomic mass is 9.82. The fourth-order valence-corrected chi connectivity index (χ4v) is 4.88. The van der Waals surface area contributed by atoms with Gasteiger partial charge in [-0.25, -0.2) is 0 Å². The number of hydrogen-bond acceptors (Lipinski definition) is 3. The lowest BCUT2D eigenvalue weighted by Crippen LogP contribution is -2.36. The molecule has 4 nitrogen and oxygen atoms in total. The van der Waals surface area contributed by atoms with E-state index < -0.39 is 5.92 Å². The van der Waals surface area contributed by atoms with Crippen molar-refractivity contribution in [1.82, 2.24) is 9.88 Å². The highest BCUT2D eigenvalue weighted by molar-refractivity contribution is 6.21. The summed E-state index contributed by atoms with van der Waals surface area (Å²) >= 11 is 0. The maximum atomic E-state index is 13.4. The van der Waals surface area contributed by atoms with Crippen LogP contribution in [-0.4, -0.2) is 29.2 Å². The van der Waals surface area contributed by atoms with Crippen LogP contribution < -0.4 is 5.32 Å². The summed E-state index contributed by atoms with van der Waals surface area (Å²) in [6.07, 6.45) is 1.88. The molecule has 3 aromatic rings. The van der Waals surface area contributed by atoms with Gasteiger partial charge < -0.3 is 9.88 Å². The second-order valence-corrected chi connectivity index (χ2v) is 7.56. The Balaban J connectivity index is 1.72. The minimum Gasteiger partial charge on any atom is -0.340 e. The summed E-state index contributed by atoms with van der Waals surface area (Å²) in [6.45, 7) is 3.90. The zero-order chi connectivity index (χ0) is 18.5. The molecule has 0 fully saturated rings. The van der Waals surface area contributed by atoms with Gasteiger partial charge in [0, 0.05) is 41.2 Å². The summed E-state index contributed by atoms with van der Waals surface area (Å²) in [6, 6.07) is 15.0. The van der Waals surface area contributed by atoms with Crippen molar-refractivity contribution in [2.24, 2.45) is 5.92 Å². The fraction of sp³-hybridized carbons (Fsp3) is 0.304. The largest absolute Gasteiger partial charge is 0.340 e. The first kappa shape index (κ1) is 16.5. The highest BCUT2D eigenvalue weighted by Gasteiger charge is 2.41. The number of carbonyl (C=O) groups excluding carboxylic acids is 2.